The van der Waals surface area contributed by atoms with Crippen molar-refractivity contribution >= 4 is 0 Å². The van der Waals surface area contributed by atoms with Gasteiger partial charge in [-0.1, -0.05) is 0 Å². The fraction of sp³-hybridized carbons (Fsp3) is 1.00. The third kappa shape index (κ3) is 3.35. The first-order valence-corrected chi connectivity index (χ1v) is 6.07. The van der Waals surface area contributed by atoms with E-state index >= 15 is 0 Å². The molecule has 0 bridgehead atoms. The molecule has 0 aromatic heterocycles. The van der Waals surface area contributed by atoms with Gasteiger partial charge in [0.15, 0.2) is 0 Å². The molecule has 2 fully saturated rings. The van der Waals surface area contributed by atoms with E-state index < -0.39 is 12.6 Å². The average molecular weight is 236 g/mol. The Balaban J connectivity index is 1.77. The molecule has 0 spiro atoms. The van der Waals surface area contributed by atoms with Gasteiger partial charge in [0.1, 0.15) is 0 Å². The maximum Gasteiger partial charge on any atom is 0.390 e. The third-order valence-corrected chi connectivity index (χ3v) is 3.69. The third-order valence-electron chi connectivity index (χ3n) is 3.69. The summed E-state index contributed by atoms with van der Waals surface area (Å²) in [6.45, 7) is 2.90. The zero-order valence-corrected chi connectivity index (χ0v) is 9.39. The van der Waals surface area contributed by atoms with Crippen LogP contribution in [0.15, 0.2) is 0 Å². The summed E-state index contributed by atoms with van der Waals surface area (Å²) >= 11 is 0. The second kappa shape index (κ2) is 4.92. The molecule has 2 nitrogen and oxygen atoms in total. The molecule has 0 saturated carbocycles. The summed E-state index contributed by atoms with van der Waals surface area (Å²) in [4.78, 5) is 1.97. The number of nitrogens with one attached hydrogen (secondary N) is 1. The SMILES string of the molecule is FC(F)(F)CCN1CCC2NCCCC2C1. The highest BCUT2D eigenvalue weighted by atomic mass is 19.4. The largest absolute Gasteiger partial charge is 0.390 e. The lowest BCUT2D eigenvalue weighted by Gasteiger charge is -2.41. The molecule has 16 heavy (non-hydrogen) atoms. The summed E-state index contributed by atoms with van der Waals surface area (Å²) < 4.78 is 36.3. The normalized spacial score (nSPS) is 32.4. The molecule has 2 saturated heterocycles. The van der Waals surface area contributed by atoms with Crippen molar-refractivity contribution in [3.63, 3.8) is 0 Å². The van der Waals surface area contributed by atoms with Crippen molar-refractivity contribution in [2.75, 3.05) is 26.2 Å². The number of piperidine rings is 2. The number of alkyl halides is 3. The molecule has 1 N–H and O–H groups in total. The molecular weight excluding hydrogens is 217 g/mol. The van der Waals surface area contributed by atoms with E-state index in [0.29, 0.717) is 12.0 Å². The molecule has 0 radical (unpaired) electrons. The van der Waals surface area contributed by atoms with E-state index in [1.807, 2.05) is 4.90 Å². The van der Waals surface area contributed by atoms with Crippen molar-refractivity contribution in [2.45, 2.75) is 37.9 Å². The molecule has 2 unspecified atom stereocenters. The number of hydrogen-bond donors (Lipinski definition) is 1. The molecule has 2 aliphatic rings. The fourth-order valence-corrected chi connectivity index (χ4v) is 2.81. The minimum atomic E-state index is -4.01. The van der Waals surface area contributed by atoms with Crippen LogP contribution in [0.25, 0.3) is 0 Å². The number of likely N-dealkylation sites (tertiary alicyclic amines) is 1. The number of nitrogens with zero attached hydrogens (tertiary/aromatic N) is 1. The lowest BCUT2D eigenvalue weighted by atomic mass is 9.85. The van der Waals surface area contributed by atoms with E-state index in [0.717, 1.165) is 32.5 Å². The lowest BCUT2D eigenvalue weighted by Crippen LogP contribution is -2.52. The number of fused-ring (bicyclic) bond motifs is 1. The van der Waals surface area contributed by atoms with Crippen molar-refractivity contribution in [3.05, 3.63) is 0 Å². The van der Waals surface area contributed by atoms with E-state index in [4.69, 9.17) is 0 Å². The highest BCUT2D eigenvalue weighted by molar-refractivity contribution is 4.88. The summed E-state index contributed by atoms with van der Waals surface area (Å²) in [7, 11) is 0. The number of hydrogen-bond acceptors (Lipinski definition) is 2. The molecule has 0 amide bonds. The molecule has 2 heterocycles. The maximum atomic E-state index is 12.1. The van der Waals surface area contributed by atoms with Crippen LogP contribution in [-0.2, 0) is 0 Å². The van der Waals surface area contributed by atoms with Crippen LogP contribution >= 0.6 is 0 Å². The van der Waals surface area contributed by atoms with Crippen LogP contribution in [0.2, 0.25) is 0 Å². The predicted octanol–water partition coefficient (Wildman–Crippen LogP) is 2.01. The first-order chi connectivity index (χ1) is 7.54. The number of halogens is 3. The van der Waals surface area contributed by atoms with Gasteiger partial charge in [0.05, 0.1) is 6.42 Å². The van der Waals surface area contributed by atoms with Gasteiger partial charge in [-0.3, -0.25) is 0 Å². The Labute approximate surface area is 94.2 Å². The summed E-state index contributed by atoms with van der Waals surface area (Å²) in [5.74, 6) is 0.565. The van der Waals surface area contributed by atoms with Gasteiger partial charge in [0.2, 0.25) is 0 Å². The summed E-state index contributed by atoms with van der Waals surface area (Å²) in [5.41, 5.74) is 0. The zero-order valence-electron chi connectivity index (χ0n) is 9.39. The van der Waals surface area contributed by atoms with Gasteiger partial charge >= 0.3 is 6.18 Å². The van der Waals surface area contributed by atoms with Crippen LogP contribution in [0.1, 0.15) is 25.7 Å². The highest BCUT2D eigenvalue weighted by Crippen LogP contribution is 2.26. The van der Waals surface area contributed by atoms with E-state index in [9.17, 15) is 13.2 Å². The van der Waals surface area contributed by atoms with Crippen molar-refractivity contribution in [1.29, 1.82) is 0 Å². The van der Waals surface area contributed by atoms with Crippen LogP contribution in [0, 0.1) is 5.92 Å². The quantitative estimate of drug-likeness (QED) is 0.789. The van der Waals surface area contributed by atoms with Gasteiger partial charge < -0.3 is 10.2 Å². The first-order valence-electron chi connectivity index (χ1n) is 6.07. The van der Waals surface area contributed by atoms with Gasteiger partial charge in [-0.05, 0) is 38.3 Å². The topological polar surface area (TPSA) is 15.3 Å². The van der Waals surface area contributed by atoms with Crippen LogP contribution in [0.3, 0.4) is 0 Å². The Morgan fingerprint density at radius 3 is 2.81 bits per heavy atom. The molecule has 2 aliphatic heterocycles. The van der Waals surface area contributed by atoms with Crippen molar-refractivity contribution in [2.24, 2.45) is 5.92 Å². The molecule has 0 aliphatic carbocycles. The van der Waals surface area contributed by atoms with Crippen LogP contribution < -0.4 is 5.32 Å². The van der Waals surface area contributed by atoms with Gasteiger partial charge in [-0.15, -0.1) is 0 Å². The summed E-state index contributed by atoms with van der Waals surface area (Å²) in [6, 6.07) is 0.552. The van der Waals surface area contributed by atoms with Gasteiger partial charge in [0, 0.05) is 19.1 Å². The second-order valence-corrected chi connectivity index (χ2v) is 4.92. The number of rotatable bonds is 2. The Kier molecular flexibility index (Phi) is 3.74. The second-order valence-electron chi connectivity index (χ2n) is 4.92. The molecule has 5 heteroatoms. The van der Waals surface area contributed by atoms with Crippen molar-refractivity contribution in [3.8, 4) is 0 Å². The smallest absolute Gasteiger partial charge is 0.314 e. The van der Waals surface area contributed by atoms with E-state index in [1.54, 1.807) is 0 Å². The van der Waals surface area contributed by atoms with Crippen LogP contribution in [0.5, 0.6) is 0 Å². The van der Waals surface area contributed by atoms with Gasteiger partial charge in [-0.2, -0.15) is 13.2 Å². The zero-order chi connectivity index (χ0) is 11.6. The van der Waals surface area contributed by atoms with E-state index in [1.165, 1.54) is 6.42 Å². The predicted molar refractivity (Wildman–Crippen MR) is 56.2 cm³/mol. The van der Waals surface area contributed by atoms with Crippen molar-refractivity contribution < 1.29 is 13.2 Å². The average Bonchev–Trinajstić information content (AvgIpc) is 2.25. The Bertz CT molecular complexity index is 230. The Morgan fingerprint density at radius 1 is 1.25 bits per heavy atom. The van der Waals surface area contributed by atoms with Crippen LogP contribution in [-0.4, -0.2) is 43.3 Å². The minimum absolute atomic E-state index is 0.173. The maximum absolute atomic E-state index is 12.1. The molecule has 0 aromatic carbocycles. The molecule has 2 rings (SSSR count). The molecule has 94 valence electrons. The Morgan fingerprint density at radius 2 is 2.06 bits per heavy atom. The summed E-state index contributed by atoms with van der Waals surface area (Å²) in [5, 5.41) is 3.47. The molecule has 2 atom stereocenters. The molecule has 0 aromatic rings. The lowest BCUT2D eigenvalue weighted by molar-refractivity contribution is -0.139. The van der Waals surface area contributed by atoms with E-state index in [2.05, 4.69) is 5.32 Å². The standard InChI is InChI=1S/C11H19F3N2/c12-11(13,14)4-7-16-6-3-10-9(8-16)2-1-5-15-10/h9-10,15H,1-8H2. The van der Waals surface area contributed by atoms with Crippen molar-refractivity contribution in [1.82, 2.24) is 10.2 Å². The fourth-order valence-electron chi connectivity index (χ4n) is 2.81. The van der Waals surface area contributed by atoms with Gasteiger partial charge in [0.25, 0.3) is 0 Å². The van der Waals surface area contributed by atoms with Crippen LogP contribution in [0.4, 0.5) is 13.2 Å². The highest BCUT2D eigenvalue weighted by Gasteiger charge is 2.33. The summed E-state index contributed by atoms with van der Waals surface area (Å²) in [6.07, 6.45) is -1.35. The monoisotopic (exact) mass is 236 g/mol. The Hall–Kier alpha value is -0.290. The molecular formula is C11H19F3N2. The van der Waals surface area contributed by atoms with Gasteiger partial charge in [-0.25, -0.2) is 0 Å². The van der Waals surface area contributed by atoms with E-state index in [-0.39, 0.29) is 6.54 Å². The minimum Gasteiger partial charge on any atom is -0.314 e. The first kappa shape index (κ1) is 12.2.